The van der Waals surface area contributed by atoms with Gasteiger partial charge in [0, 0.05) is 5.41 Å². The molecule has 0 bridgehead atoms. The third kappa shape index (κ3) is 6.79. The highest BCUT2D eigenvalue weighted by molar-refractivity contribution is 5.57. The molecular formula is C14H27NO2. The predicted octanol–water partition coefficient (Wildman–Crippen LogP) is 3.43. The van der Waals surface area contributed by atoms with Crippen LogP contribution < -0.4 is 0 Å². The highest BCUT2D eigenvalue weighted by Crippen LogP contribution is 2.24. The van der Waals surface area contributed by atoms with E-state index in [9.17, 15) is 0 Å². The Bertz CT molecular complexity index is 243. The first-order chi connectivity index (χ1) is 7.79. The van der Waals surface area contributed by atoms with Crippen molar-refractivity contribution in [1.82, 2.24) is 0 Å². The molecule has 0 N–H and O–H groups in total. The molecule has 100 valence electrons. The lowest BCUT2D eigenvalue weighted by Gasteiger charge is -2.34. The lowest BCUT2D eigenvalue weighted by atomic mass is 9.95. The number of rotatable bonds is 4. The molecule has 0 aromatic heterocycles. The maximum absolute atomic E-state index is 5.67. The quantitative estimate of drug-likeness (QED) is 0.557. The Balaban J connectivity index is 2.10. The summed E-state index contributed by atoms with van der Waals surface area (Å²) in [6, 6.07) is 0. The molecule has 0 aromatic carbocycles. The molecule has 0 saturated carbocycles. The molecule has 3 nitrogen and oxygen atoms in total. The van der Waals surface area contributed by atoms with Gasteiger partial charge in [0.15, 0.2) is 6.29 Å². The van der Waals surface area contributed by atoms with E-state index in [0.717, 1.165) is 32.5 Å². The van der Waals surface area contributed by atoms with E-state index in [2.05, 4.69) is 39.6 Å². The van der Waals surface area contributed by atoms with Gasteiger partial charge >= 0.3 is 0 Å². The fraction of sp³-hybridized carbons (Fsp3) is 0.929. The third-order valence-corrected chi connectivity index (χ3v) is 2.57. The molecule has 3 heteroatoms. The molecule has 0 spiro atoms. The smallest absolute Gasteiger partial charge is 0.157 e. The van der Waals surface area contributed by atoms with Crippen molar-refractivity contribution in [2.24, 2.45) is 10.4 Å². The summed E-state index contributed by atoms with van der Waals surface area (Å²) in [6.07, 6.45) is 5.05. The molecule has 0 atom stereocenters. The second-order valence-corrected chi connectivity index (χ2v) is 6.63. The van der Waals surface area contributed by atoms with E-state index in [4.69, 9.17) is 9.47 Å². The Morgan fingerprint density at radius 3 is 2.35 bits per heavy atom. The van der Waals surface area contributed by atoms with E-state index in [-0.39, 0.29) is 17.2 Å². The number of nitrogens with zero attached hydrogens (tertiary/aromatic N) is 1. The van der Waals surface area contributed by atoms with Crippen LogP contribution in [0.25, 0.3) is 0 Å². The third-order valence-electron chi connectivity index (χ3n) is 2.57. The molecule has 1 heterocycles. The van der Waals surface area contributed by atoms with Crippen molar-refractivity contribution in [2.45, 2.75) is 65.7 Å². The number of ether oxygens (including phenoxy) is 2. The van der Waals surface area contributed by atoms with Crippen LogP contribution >= 0.6 is 0 Å². The zero-order valence-electron chi connectivity index (χ0n) is 12.0. The van der Waals surface area contributed by atoms with E-state index < -0.39 is 0 Å². The van der Waals surface area contributed by atoms with Gasteiger partial charge < -0.3 is 9.47 Å². The molecule has 17 heavy (non-hydrogen) atoms. The summed E-state index contributed by atoms with van der Waals surface area (Å²) in [6.45, 7) is 12.3. The molecule has 0 aromatic rings. The highest BCUT2D eigenvalue weighted by Gasteiger charge is 2.27. The van der Waals surface area contributed by atoms with Crippen molar-refractivity contribution in [2.75, 3.05) is 13.2 Å². The van der Waals surface area contributed by atoms with Crippen LogP contribution in [0.15, 0.2) is 4.99 Å². The van der Waals surface area contributed by atoms with E-state index in [1.165, 1.54) is 0 Å². The van der Waals surface area contributed by atoms with Crippen LogP contribution in [-0.2, 0) is 9.47 Å². The van der Waals surface area contributed by atoms with Gasteiger partial charge in [-0.15, -0.1) is 0 Å². The normalized spacial score (nSPS) is 22.2. The monoisotopic (exact) mass is 241 g/mol. The van der Waals surface area contributed by atoms with Crippen molar-refractivity contribution in [3.05, 3.63) is 0 Å². The van der Waals surface area contributed by atoms with Gasteiger partial charge in [-0.05, 0) is 46.2 Å². The van der Waals surface area contributed by atoms with Crippen LogP contribution in [0.1, 0.15) is 53.9 Å². The fourth-order valence-electron chi connectivity index (χ4n) is 1.61. The van der Waals surface area contributed by atoms with Crippen LogP contribution in [0.3, 0.4) is 0 Å². The molecule has 1 fully saturated rings. The first-order valence-corrected chi connectivity index (χ1v) is 6.55. The van der Waals surface area contributed by atoms with Gasteiger partial charge in [-0.3, -0.25) is 4.99 Å². The summed E-state index contributed by atoms with van der Waals surface area (Å²) in [4.78, 5) is 4.46. The summed E-state index contributed by atoms with van der Waals surface area (Å²) in [5, 5.41) is 0. The topological polar surface area (TPSA) is 30.8 Å². The van der Waals surface area contributed by atoms with Gasteiger partial charge in [0.25, 0.3) is 0 Å². The zero-order chi connectivity index (χ0) is 12.9. The largest absolute Gasteiger partial charge is 0.352 e. The molecule has 0 aliphatic carbocycles. The summed E-state index contributed by atoms with van der Waals surface area (Å²) in [5.41, 5.74) is 0.214. The lowest BCUT2D eigenvalue weighted by molar-refractivity contribution is -0.223. The van der Waals surface area contributed by atoms with Crippen LogP contribution in [0, 0.1) is 5.41 Å². The minimum Gasteiger partial charge on any atom is -0.352 e. The Morgan fingerprint density at radius 1 is 1.24 bits per heavy atom. The SMILES string of the molecule is CC1(C)COC(CCC/C=N\C(C)(C)C)OC1. The van der Waals surface area contributed by atoms with Gasteiger partial charge in [-0.1, -0.05) is 13.8 Å². The number of aliphatic imine (C=N–C) groups is 1. The van der Waals surface area contributed by atoms with Gasteiger partial charge in [0.05, 0.1) is 18.8 Å². The highest BCUT2D eigenvalue weighted by atomic mass is 16.7. The minimum atomic E-state index is -0.00828. The van der Waals surface area contributed by atoms with Crippen molar-refractivity contribution < 1.29 is 9.47 Å². The first kappa shape index (κ1) is 14.7. The fourth-order valence-corrected chi connectivity index (χ4v) is 1.61. The van der Waals surface area contributed by atoms with Crippen molar-refractivity contribution in [3.8, 4) is 0 Å². The zero-order valence-corrected chi connectivity index (χ0v) is 12.0. The maximum atomic E-state index is 5.67. The minimum absolute atomic E-state index is 0.00828. The van der Waals surface area contributed by atoms with Gasteiger partial charge in [0.1, 0.15) is 0 Å². The molecule has 1 aliphatic rings. The Hall–Kier alpha value is -0.410. The maximum Gasteiger partial charge on any atom is 0.157 e. The first-order valence-electron chi connectivity index (χ1n) is 6.55. The molecule has 1 rings (SSSR count). The number of hydrogen-bond donors (Lipinski definition) is 0. The molecule has 0 unspecified atom stereocenters. The number of unbranched alkanes of at least 4 members (excludes halogenated alkanes) is 1. The summed E-state index contributed by atoms with van der Waals surface area (Å²) >= 11 is 0. The molecule has 0 radical (unpaired) electrons. The van der Waals surface area contributed by atoms with Crippen LogP contribution in [0.4, 0.5) is 0 Å². The van der Waals surface area contributed by atoms with E-state index in [0.29, 0.717) is 0 Å². The summed E-state index contributed by atoms with van der Waals surface area (Å²) < 4.78 is 11.3. The van der Waals surface area contributed by atoms with Gasteiger partial charge in [-0.25, -0.2) is 0 Å². The van der Waals surface area contributed by atoms with Crippen LogP contribution in [-0.4, -0.2) is 31.3 Å². The van der Waals surface area contributed by atoms with Crippen molar-refractivity contribution in [1.29, 1.82) is 0 Å². The lowest BCUT2D eigenvalue weighted by Crippen LogP contribution is -2.37. The second kappa shape index (κ2) is 5.96. The Labute approximate surface area is 106 Å². The molecule has 1 aliphatic heterocycles. The van der Waals surface area contributed by atoms with Crippen LogP contribution in [0.2, 0.25) is 0 Å². The van der Waals surface area contributed by atoms with E-state index >= 15 is 0 Å². The summed E-state index contributed by atoms with van der Waals surface area (Å²) in [5.74, 6) is 0. The predicted molar refractivity (Wildman–Crippen MR) is 71.6 cm³/mol. The molecule has 0 amide bonds. The summed E-state index contributed by atoms with van der Waals surface area (Å²) in [7, 11) is 0. The average molecular weight is 241 g/mol. The average Bonchev–Trinajstić information content (AvgIpc) is 2.18. The second-order valence-electron chi connectivity index (χ2n) is 6.63. The Morgan fingerprint density at radius 2 is 1.82 bits per heavy atom. The van der Waals surface area contributed by atoms with E-state index in [1.54, 1.807) is 0 Å². The van der Waals surface area contributed by atoms with Crippen molar-refractivity contribution >= 4 is 6.21 Å². The van der Waals surface area contributed by atoms with E-state index in [1.807, 2.05) is 6.21 Å². The Kier molecular flexibility index (Phi) is 5.14. The van der Waals surface area contributed by atoms with Gasteiger partial charge in [0.2, 0.25) is 0 Å². The standard InChI is InChI=1S/C14H27NO2/c1-13(2,3)15-9-7-6-8-12-16-10-14(4,5)11-17-12/h9,12H,6-8,10-11H2,1-5H3/b15-9-. The number of hydrogen-bond acceptors (Lipinski definition) is 3. The van der Waals surface area contributed by atoms with Crippen molar-refractivity contribution in [3.63, 3.8) is 0 Å². The molecule has 1 saturated heterocycles. The van der Waals surface area contributed by atoms with Crippen LogP contribution in [0.5, 0.6) is 0 Å². The van der Waals surface area contributed by atoms with Gasteiger partial charge in [-0.2, -0.15) is 0 Å². The molecular weight excluding hydrogens is 214 g/mol.